The fourth-order valence-electron chi connectivity index (χ4n) is 2.95. The summed E-state index contributed by atoms with van der Waals surface area (Å²) in [6, 6.07) is 12.2. The average Bonchev–Trinajstić information content (AvgIpc) is 2.92. The summed E-state index contributed by atoms with van der Waals surface area (Å²) in [5.41, 5.74) is 4.27. The molecule has 1 atom stereocenters. The summed E-state index contributed by atoms with van der Waals surface area (Å²) in [4.78, 5) is 12.0. The van der Waals surface area contributed by atoms with Gasteiger partial charge < -0.3 is 14.8 Å². The number of rotatable bonds is 1. The van der Waals surface area contributed by atoms with Crippen LogP contribution < -0.4 is 14.8 Å². The number of carbonyl (C=O) groups is 1. The quantitative estimate of drug-likeness (QED) is 0.873. The Morgan fingerprint density at radius 1 is 1.10 bits per heavy atom. The van der Waals surface area contributed by atoms with Gasteiger partial charge in [-0.15, -0.1) is 0 Å². The minimum absolute atomic E-state index is 0.0342. The lowest BCUT2D eigenvalue weighted by molar-refractivity contribution is -0.116. The van der Waals surface area contributed by atoms with Gasteiger partial charge in [-0.25, -0.2) is 0 Å². The van der Waals surface area contributed by atoms with Crippen molar-refractivity contribution in [3.8, 4) is 11.5 Å². The first kappa shape index (κ1) is 12.3. The van der Waals surface area contributed by atoms with Crippen molar-refractivity contribution in [2.75, 3.05) is 12.1 Å². The van der Waals surface area contributed by atoms with E-state index in [-0.39, 0.29) is 18.6 Å². The lowest BCUT2D eigenvalue weighted by Gasteiger charge is -2.26. The smallest absolute Gasteiger partial charge is 0.231 e. The third kappa shape index (κ3) is 2.03. The standard InChI is InChI=1S/C17H15NO3/c1-10-2-4-11(5-3-10)12-7-17(19)18-14-8-16-15(6-13(12)14)20-9-21-16/h2-6,8,12H,7,9H2,1H3,(H,18,19). The monoisotopic (exact) mass is 281 g/mol. The zero-order chi connectivity index (χ0) is 14.4. The molecule has 0 aliphatic carbocycles. The maximum Gasteiger partial charge on any atom is 0.231 e. The normalized spacial score (nSPS) is 19.1. The van der Waals surface area contributed by atoms with Crippen molar-refractivity contribution in [3.05, 3.63) is 53.1 Å². The first-order chi connectivity index (χ1) is 10.2. The molecule has 4 rings (SSSR count). The molecule has 1 amide bonds. The van der Waals surface area contributed by atoms with Gasteiger partial charge in [0.15, 0.2) is 11.5 Å². The number of amides is 1. The highest BCUT2D eigenvalue weighted by atomic mass is 16.7. The minimum Gasteiger partial charge on any atom is -0.454 e. The topological polar surface area (TPSA) is 47.6 Å². The molecule has 21 heavy (non-hydrogen) atoms. The van der Waals surface area contributed by atoms with Crippen LogP contribution in [0.1, 0.15) is 29.0 Å². The second-order valence-electron chi connectivity index (χ2n) is 5.51. The molecule has 2 aliphatic heterocycles. The van der Waals surface area contributed by atoms with E-state index in [1.807, 2.05) is 12.1 Å². The van der Waals surface area contributed by atoms with Gasteiger partial charge >= 0.3 is 0 Å². The van der Waals surface area contributed by atoms with Gasteiger partial charge in [0.25, 0.3) is 0 Å². The van der Waals surface area contributed by atoms with E-state index in [4.69, 9.17) is 9.47 Å². The molecule has 2 aromatic carbocycles. The molecule has 0 radical (unpaired) electrons. The van der Waals surface area contributed by atoms with Gasteiger partial charge in [0.2, 0.25) is 12.7 Å². The number of hydrogen-bond acceptors (Lipinski definition) is 3. The summed E-state index contributed by atoms with van der Waals surface area (Å²) in [5, 5.41) is 2.93. The molecule has 0 saturated carbocycles. The predicted molar refractivity (Wildman–Crippen MR) is 78.8 cm³/mol. The summed E-state index contributed by atoms with van der Waals surface area (Å²) >= 11 is 0. The highest BCUT2D eigenvalue weighted by Gasteiger charge is 2.29. The Hall–Kier alpha value is -2.49. The number of nitrogens with one attached hydrogen (secondary N) is 1. The Kier molecular flexibility index (Phi) is 2.64. The second-order valence-corrected chi connectivity index (χ2v) is 5.51. The number of benzene rings is 2. The molecule has 0 saturated heterocycles. The Balaban J connectivity index is 1.83. The molecule has 1 unspecified atom stereocenters. The van der Waals surface area contributed by atoms with Crippen LogP contribution >= 0.6 is 0 Å². The summed E-state index contributed by atoms with van der Waals surface area (Å²) in [5.74, 6) is 1.54. The van der Waals surface area contributed by atoms with E-state index in [0.717, 1.165) is 22.6 Å². The molecule has 2 heterocycles. The van der Waals surface area contributed by atoms with E-state index in [1.165, 1.54) is 5.56 Å². The summed E-state index contributed by atoms with van der Waals surface area (Å²) in [6.07, 6.45) is 0.454. The molecule has 106 valence electrons. The Labute approximate surface area is 122 Å². The van der Waals surface area contributed by atoms with Crippen LogP contribution in [0, 0.1) is 6.92 Å². The molecule has 0 fully saturated rings. The molecule has 4 heteroatoms. The van der Waals surface area contributed by atoms with Crippen LogP contribution in [0.3, 0.4) is 0 Å². The van der Waals surface area contributed by atoms with Gasteiger partial charge in [-0.05, 0) is 24.1 Å². The highest BCUT2D eigenvalue weighted by molar-refractivity contribution is 5.96. The van der Waals surface area contributed by atoms with Crippen LogP contribution in [0.5, 0.6) is 11.5 Å². The first-order valence-electron chi connectivity index (χ1n) is 7.00. The molecular formula is C17H15NO3. The van der Waals surface area contributed by atoms with E-state index < -0.39 is 0 Å². The zero-order valence-electron chi connectivity index (χ0n) is 11.7. The largest absolute Gasteiger partial charge is 0.454 e. The van der Waals surface area contributed by atoms with Crippen LogP contribution in [0.25, 0.3) is 0 Å². The van der Waals surface area contributed by atoms with Crippen LogP contribution in [0.15, 0.2) is 36.4 Å². The molecule has 2 aliphatic rings. The summed E-state index contributed by atoms with van der Waals surface area (Å²) < 4.78 is 10.8. The van der Waals surface area contributed by atoms with E-state index in [2.05, 4.69) is 36.5 Å². The third-order valence-electron chi connectivity index (χ3n) is 4.06. The van der Waals surface area contributed by atoms with Crippen molar-refractivity contribution < 1.29 is 14.3 Å². The van der Waals surface area contributed by atoms with E-state index in [1.54, 1.807) is 0 Å². The number of ether oxygens (including phenoxy) is 2. The maximum absolute atomic E-state index is 12.0. The Morgan fingerprint density at radius 2 is 1.81 bits per heavy atom. The molecule has 2 aromatic rings. The van der Waals surface area contributed by atoms with Gasteiger partial charge in [-0.2, -0.15) is 0 Å². The van der Waals surface area contributed by atoms with E-state index in [9.17, 15) is 4.79 Å². The van der Waals surface area contributed by atoms with Crippen LogP contribution in [-0.4, -0.2) is 12.7 Å². The van der Waals surface area contributed by atoms with Gasteiger partial charge in [-0.1, -0.05) is 29.8 Å². The van der Waals surface area contributed by atoms with Gasteiger partial charge in [0.05, 0.1) is 0 Å². The van der Waals surface area contributed by atoms with Gasteiger partial charge in [0.1, 0.15) is 0 Å². The molecule has 0 bridgehead atoms. The Bertz CT molecular complexity index is 722. The van der Waals surface area contributed by atoms with Crippen LogP contribution in [0.2, 0.25) is 0 Å². The fraction of sp³-hybridized carbons (Fsp3) is 0.235. The zero-order valence-corrected chi connectivity index (χ0v) is 11.7. The minimum atomic E-state index is 0.0342. The SMILES string of the molecule is Cc1ccc(C2CC(=O)Nc3cc4c(cc32)OCO4)cc1. The number of carbonyl (C=O) groups excluding carboxylic acids is 1. The predicted octanol–water partition coefficient (Wildman–Crippen LogP) is 3.20. The molecule has 0 spiro atoms. The molecule has 1 N–H and O–H groups in total. The highest BCUT2D eigenvalue weighted by Crippen LogP contribution is 2.44. The maximum atomic E-state index is 12.0. The van der Waals surface area contributed by atoms with Crippen LogP contribution in [0.4, 0.5) is 5.69 Å². The first-order valence-corrected chi connectivity index (χ1v) is 7.00. The van der Waals surface area contributed by atoms with Crippen molar-refractivity contribution in [2.24, 2.45) is 0 Å². The van der Waals surface area contributed by atoms with Crippen LogP contribution in [-0.2, 0) is 4.79 Å². The third-order valence-corrected chi connectivity index (χ3v) is 4.06. The lowest BCUT2D eigenvalue weighted by atomic mass is 9.84. The number of aryl methyl sites for hydroxylation is 1. The van der Waals surface area contributed by atoms with E-state index in [0.29, 0.717) is 12.2 Å². The van der Waals surface area contributed by atoms with Crippen molar-refractivity contribution in [1.82, 2.24) is 0 Å². The van der Waals surface area contributed by atoms with Crippen molar-refractivity contribution in [2.45, 2.75) is 19.3 Å². The van der Waals surface area contributed by atoms with Crippen molar-refractivity contribution in [3.63, 3.8) is 0 Å². The number of anilines is 1. The van der Waals surface area contributed by atoms with E-state index >= 15 is 0 Å². The molecule has 0 aromatic heterocycles. The van der Waals surface area contributed by atoms with Gasteiger partial charge in [0, 0.05) is 24.1 Å². The number of hydrogen-bond donors (Lipinski definition) is 1. The summed E-state index contributed by atoms with van der Waals surface area (Å²) in [6.45, 7) is 2.30. The fourth-order valence-corrected chi connectivity index (χ4v) is 2.95. The average molecular weight is 281 g/mol. The molecule has 4 nitrogen and oxygen atoms in total. The van der Waals surface area contributed by atoms with Crippen molar-refractivity contribution >= 4 is 11.6 Å². The van der Waals surface area contributed by atoms with Crippen molar-refractivity contribution in [1.29, 1.82) is 0 Å². The lowest BCUT2D eigenvalue weighted by Crippen LogP contribution is -2.23. The van der Waals surface area contributed by atoms with Gasteiger partial charge in [-0.3, -0.25) is 4.79 Å². The Morgan fingerprint density at radius 3 is 2.57 bits per heavy atom. The summed E-state index contributed by atoms with van der Waals surface area (Å²) in [7, 11) is 0. The number of fused-ring (bicyclic) bond motifs is 2. The second kappa shape index (κ2) is 4.52. The molecular weight excluding hydrogens is 266 g/mol.